The topological polar surface area (TPSA) is 111 Å². The number of piperazine rings is 1. The van der Waals surface area contributed by atoms with Gasteiger partial charge in [0, 0.05) is 42.3 Å². The molecule has 0 spiro atoms. The van der Waals surface area contributed by atoms with Gasteiger partial charge in [-0.2, -0.15) is 14.1 Å². The average Bonchev–Trinajstić information content (AvgIpc) is 3.60. The van der Waals surface area contributed by atoms with Crippen molar-refractivity contribution in [3.05, 3.63) is 75.7 Å². The average molecular weight is 544 g/mol. The lowest BCUT2D eigenvalue weighted by molar-refractivity contribution is 0.242. The zero-order valence-corrected chi connectivity index (χ0v) is 22.2. The van der Waals surface area contributed by atoms with E-state index in [9.17, 15) is 13.2 Å². The Labute approximate surface area is 221 Å². The smallest absolute Gasteiger partial charge is 0.316 e. The summed E-state index contributed by atoms with van der Waals surface area (Å²) in [5, 5.41) is 4.90. The number of nitrogens with two attached hydrogens (primary N) is 1. The van der Waals surface area contributed by atoms with E-state index in [2.05, 4.69) is 12.0 Å². The SMILES string of the molecule is CC1(COc2c(N3CCN(S(=O)(=O)Cc4cccc(N)c4)CC3)cnn(-c3cccc(Cl)c3)c2=O)CC1. The molecule has 0 atom stereocenters. The van der Waals surface area contributed by atoms with E-state index >= 15 is 0 Å². The first kappa shape index (κ1) is 25.6. The lowest BCUT2D eigenvalue weighted by atomic mass is 10.2. The van der Waals surface area contributed by atoms with Crippen LogP contribution in [0.5, 0.6) is 5.75 Å². The largest absolute Gasteiger partial charge is 0.486 e. The van der Waals surface area contributed by atoms with Gasteiger partial charge in [0.2, 0.25) is 15.8 Å². The molecular weight excluding hydrogens is 514 g/mol. The third kappa shape index (κ3) is 5.76. The third-order valence-corrected chi connectivity index (χ3v) is 8.99. The first-order valence-corrected chi connectivity index (χ1v) is 14.2. The van der Waals surface area contributed by atoms with Crippen molar-refractivity contribution < 1.29 is 13.2 Å². The number of aromatic nitrogens is 2. The Hall–Kier alpha value is -3.08. The molecule has 0 radical (unpaired) electrons. The monoisotopic (exact) mass is 543 g/mol. The van der Waals surface area contributed by atoms with Crippen LogP contribution in [-0.4, -0.2) is 55.3 Å². The van der Waals surface area contributed by atoms with Crippen LogP contribution in [0.3, 0.4) is 0 Å². The summed E-state index contributed by atoms with van der Waals surface area (Å²) in [7, 11) is -3.52. The molecule has 1 aliphatic heterocycles. The molecule has 2 N–H and O–H groups in total. The van der Waals surface area contributed by atoms with Crippen molar-refractivity contribution in [1.82, 2.24) is 14.1 Å². The van der Waals surface area contributed by atoms with Crippen molar-refractivity contribution in [3.63, 3.8) is 0 Å². The summed E-state index contributed by atoms with van der Waals surface area (Å²) in [6.07, 6.45) is 3.72. The molecule has 0 unspecified atom stereocenters. The minimum absolute atomic E-state index is 0.0709. The number of sulfonamides is 1. The number of rotatable bonds is 8. The maximum Gasteiger partial charge on any atom is 0.316 e. The van der Waals surface area contributed by atoms with E-state index in [-0.39, 0.29) is 22.5 Å². The van der Waals surface area contributed by atoms with Gasteiger partial charge in [-0.15, -0.1) is 0 Å². The Morgan fingerprint density at radius 2 is 1.81 bits per heavy atom. The standard InChI is InChI=1S/C26H30ClN5O4S/c1-26(8-9-26)18-36-24-23(16-29-32(25(24)33)22-7-3-5-20(27)15-22)30-10-12-31(13-11-30)37(34,35)17-19-4-2-6-21(28)14-19/h2-7,14-16H,8-13,17-18,28H2,1H3. The molecule has 1 aliphatic carbocycles. The van der Waals surface area contributed by atoms with Crippen LogP contribution in [0.1, 0.15) is 25.3 Å². The number of ether oxygens (including phenoxy) is 1. The van der Waals surface area contributed by atoms with Crippen LogP contribution in [0.4, 0.5) is 11.4 Å². The van der Waals surface area contributed by atoms with Crippen molar-refractivity contribution in [3.8, 4) is 11.4 Å². The molecule has 196 valence electrons. The van der Waals surface area contributed by atoms with Crippen molar-refractivity contribution in [2.24, 2.45) is 5.41 Å². The first-order valence-electron chi connectivity index (χ1n) is 12.2. The Kier molecular flexibility index (Phi) is 6.91. The van der Waals surface area contributed by atoms with Gasteiger partial charge in [0.1, 0.15) is 5.69 Å². The number of hydrogen-bond acceptors (Lipinski definition) is 7. The van der Waals surface area contributed by atoms with Crippen LogP contribution < -0.4 is 20.9 Å². The van der Waals surface area contributed by atoms with E-state index in [0.717, 1.165) is 12.8 Å². The molecule has 9 nitrogen and oxygen atoms in total. The van der Waals surface area contributed by atoms with Crippen molar-refractivity contribution in [2.45, 2.75) is 25.5 Å². The summed E-state index contributed by atoms with van der Waals surface area (Å²) < 4.78 is 35.0. The fraction of sp³-hybridized carbons (Fsp3) is 0.385. The van der Waals surface area contributed by atoms with Crippen LogP contribution in [0.25, 0.3) is 5.69 Å². The second-order valence-electron chi connectivity index (χ2n) is 10.0. The molecule has 11 heteroatoms. The summed E-state index contributed by atoms with van der Waals surface area (Å²) in [5.74, 6) is 0.113. The number of nitrogens with zero attached hydrogens (tertiary/aromatic N) is 4. The van der Waals surface area contributed by atoms with Gasteiger partial charge in [0.15, 0.2) is 0 Å². The van der Waals surface area contributed by atoms with Gasteiger partial charge in [-0.3, -0.25) is 4.79 Å². The maximum atomic E-state index is 13.5. The third-order valence-electron chi connectivity index (χ3n) is 6.91. The Morgan fingerprint density at radius 3 is 2.49 bits per heavy atom. The van der Waals surface area contributed by atoms with E-state index < -0.39 is 10.0 Å². The Morgan fingerprint density at radius 1 is 1.08 bits per heavy atom. The van der Waals surface area contributed by atoms with Gasteiger partial charge < -0.3 is 15.4 Å². The molecule has 2 fully saturated rings. The van der Waals surface area contributed by atoms with Gasteiger partial charge in [-0.1, -0.05) is 36.7 Å². The molecule has 2 heterocycles. The molecule has 1 aromatic heterocycles. The summed E-state index contributed by atoms with van der Waals surface area (Å²) >= 11 is 6.14. The van der Waals surface area contributed by atoms with Crippen LogP contribution in [0.2, 0.25) is 5.02 Å². The Balaban J connectivity index is 1.37. The molecule has 1 saturated heterocycles. The fourth-order valence-corrected chi connectivity index (χ4v) is 6.07. The highest BCUT2D eigenvalue weighted by Crippen LogP contribution is 2.45. The molecule has 2 aromatic carbocycles. The van der Waals surface area contributed by atoms with E-state index in [1.54, 1.807) is 54.7 Å². The summed E-state index contributed by atoms with van der Waals surface area (Å²) in [4.78, 5) is 15.5. The molecule has 0 amide bonds. The zero-order valence-electron chi connectivity index (χ0n) is 20.6. The minimum atomic E-state index is -3.52. The van der Waals surface area contributed by atoms with Crippen LogP contribution >= 0.6 is 11.6 Å². The van der Waals surface area contributed by atoms with Crippen molar-refractivity contribution in [2.75, 3.05) is 43.4 Å². The van der Waals surface area contributed by atoms with Gasteiger partial charge in [0.25, 0.3) is 0 Å². The number of anilines is 2. The fourth-order valence-electron chi connectivity index (χ4n) is 4.38. The second-order valence-corrected chi connectivity index (χ2v) is 12.4. The van der Waals surface area contributed by atoms with Crippen LogP contribution in [0, 0.1) is 5.41 Å². The number of nitrogen functional groups attached to an aromatic ring is 1. The van der Waals surface area contributed by atoms with Crippen molar-refractivity contribution >= 4 is 33.0 Å². The van der Waals surface area contributed by atoms with Gasteiger partial charge >= 0.3 is 5.56 Å². The van der Waals surface area contributed by atoms with E-state index in [1.165, 1.54) is 8.99 Å². The highest BCUT2D eigenvalue weighted by Gasteiger charge is 2.39. The minimum Gasteiger partial charge on any atom is -0.486 e. The molecule has 37 heavy (non-hydrogen) atoms. The quantitative estimate of drug-likeness (QED) is 0.434. The lowest BCUT2D eigenvalue weighted by Gasteiger charge is -2.35. The van der Waals surface area contributed by atoms with E-state index in [1.807, 2.05) is 4.90 Å². The summed E-state index contributed by atoms with van der Waals surface area (Å²) in [5.41, 5.74) is 7.81. The molecule has 0 bridgehead atoms. The van der Waals surface area contributed by atoms with Crippen molar-refractivity contribution in [1.29, 1.82) is 0 Å². The van der Waals surface area contributed by atoms with Gasteiger partial charge in [0.05, 0.1) is 24.2 Å². The van der Waals surface area contributed by atoms with E-state index in [4.69, 9.17) is 22.1 Å². The normalized spacial score (nSPS) is 17.5. The molecular formula is C26H30ClN5O4S. The lowest BCUT2D eigenvalue weighted by Crippen LogP contribution is -2.49. The number of halogens is 1. The summed E-state index contributed by atoms with van der Waals surface area (Å²) in [6.45, 7) is 3.97. The second kappa shape index (κ2) is 10.00. The Bertz CT molecular complexity index is 1460. The summed E-state index contributed by atoms with van der Waals surface area (Å²) in [6, 6.07) is 13.8. The molecule has 2 aliphatic rings. The van der Waals surface area contributed by atoms with Crippen LogP contribution in [0.15, 0.2) is 59.5 Å². The highest BCUT2D eigenvalue weighted by molar-refractivity contribution is 7.88. The maximum absolute atomic E-state index is 13.5. The first-order chi connectivity index (χ1) is 17.6. The number of hydrogen-bond donors (Lipinski definition) is 1. The number of benzene rings is 2. The molecule has 1 saturated carbocycles. The van der Waals surface area contributed by atoms with Gasteiger partial charge in [-0.25, -0.2) is 8.42 Å². The zero-order chi connectivity index (χ0) is 26.2. The predicted molar refractivity (Wildman–Crippen MR) is 145 cm³/mol. The predicted octanol–water partition coefficient (Wildman–Crippen LogP) is 3.30. The highest BCUT2D eigenvalue weighted by atomic mass is 35.5. The van der Waals surface area contributed by atoms with E-state index in [0.29, 0.717) is 60.4 Å². The van der Waals surface area contributed by atoms with Crippen LogP contribution in [-0.2, 0) is 15.8 Å². The molecule has 5 rings (SSSR count). The molecule has 3 aromatic rings. The van der Waals surface area contributed by atoms with Gasteiger partial charge in [-0.05, 0) is 48.7 Å².